The van der Waals surface area contributed by atoms with E-state index in [1.807, 2.05) is 17.5 Å². The molecular weight excluding hydrogens is 369 g/mol. The zero-order valence-electron chi connectivity index (χ0n) is 14.5. The van der Waals surface area contributed by atoms with Gasteiger partial charge in [0.2, 0.25) is 5.89 Å². The number of hydrogen-bond acceptors (Lipinski definition) is 6. The van der Waals surface area contributed by atoms with Crippen LogP contribution in [0.15, 0.2) is 46.2 Å². The van der Waals surface area contributed by atoms with Crippen molar-refractivity contribution in [1.82, 2.24) is 15.1 Å². The predicted molar refractivity (Wildman–Crippen MR) is 98.1 cm³/mol. The van der Waals surface area contributed by atoms with Crippen LogP contribution in [0.3, 0.4) is 0 Å². The number of ether oxygens (including phenoxy) is 1. The fraction of sp³-hybridized carbons (Fsp3) is 0.316. The van der Waals surface area contributed by atoms with E-state index in [0.29, 0.717) is 24.9 Å². The molecule has 3 aromatic rings. The van der Waals surface area contributed by atoms with E-state index in [0.717, 1.165) is 17.7 Å². The van der Waals surface area contributed by atoms with Crippen LogP contribution in [0.2, 0.25) is 0 Å². The molecule has 0 aliphatic carbocycles. The quantitative estimate of drug-likeness (QED) is 0.667. The second-order valence-corrected chi connectivity index (χ2v) is 7.27. The van der Waals surface area contributed by atoms with E-state index < -0.39 is 5.82 Å². The Labute approximate surface area is 159 Å². The summed E-state index contributed by atoms with van der Waals surface area (Å²) in [6, 6.07) is 9.91. The van der Waals surface area contributed by atoms with Gasteiger partial charge in [-0.15, -0.1) is 21.5 Å². The van der Waals surface area contributed by atoms with E-state index in [1.165, 1.54) is 23.5 Å². The molecule has 0 radical (unpaired) electrons. The molecule has 3 heterocycles. The first-order valence-electron chi connectivity index (χ1n) is 8.73. The topological polar surface area (TPSA) is 68.5 Å². The third-order valence-corrected chi connectivity index (χ3v) is 5.34. The molecule has 4 rings (SSSR count). The Hall–Kier alpha value is -2.74. The van der Waals surface area contributed by atoms with Gasteiger partial charge in [-0.1, -0.05) is 18.2 Å². The zero-order chi connectivity index (χ0) is 18.6. The number of carbonyl (C=O) groups excluding carboxylic acids is 1. The summed E-state index contributed by atoms with van der Waals surface area (Å²) in [7, 11) is 0. The highest BCUT2D eigenvalue weighted by molar-refractivity contribution is 7.13. The molecule has 1 atom stereocenters. The fourth-order valence-corrected chi connectivity index (χ4v) is 3.74. The molecule has 0 spiro atoms. The van der Waals surface area contributed by atoms with Gasteiger partial charge >= 0.3 is 0 Å². The average Bonchev–Trinajstić information content (AvgIpc) is 3.39. The normalized spacial score (nSPS) is 17.1. The Morgan fingerprint density at radius 2 is 2.19 bits per heavy atom. The van der Waals surface area contributed by atoms with E-state index in [4.69, 9.17) is 9.15 Å². The lowest BCUT2D eigenvalue weighted by Gasteiger charge is -2.31. The third-order valence-electron chi connectivity index (χ3n) is 4.48. The summed E-state index contributed by atoms with van der Waals surface area (Å²) in [6.45, 7) is 0.936. The molecule has 2 aromatic heterocycles. The van der Waals surface area contributed by atoms with Crippen molar-refractivity contribution in [2.45, 2.75) is 18.8 Å². The molecule has 1 fully saturated rings. The van der Waals surface area contributed by atoms with Crippen molar-refractivity contribution >= 4 is 17.2 Å². The van der Waals surface area contributed by atoms with Crippen molar-refractivity contribution in [1.29, 1.82) is 0 Å². The fourth-order valence-electron chi connectivity index (χ4n) is 3.10. The van der Waals surface area contributed by atoms with E-state index >= 15 is 0 Å². The van der Waals surface area contributed by atoms with E-state index in [1.54, 1.807) is 17.0 Å². The van der Waals surface area contributed by atoms with E-state index in [2.05, 4.69) is 10.2 Å². The third kappa shape index (κ3) is 4.00. The first-order valence-corrected chi connectivity index (χ1v) is 9.61. The number of nitrogens with zero attached hydrogens (tertiary/aromatic N) is 3. The summed E-state index contributed by atoms with van der Waals surface area (Å²) in [5.74, 6) is 0.473. The molecule has 0 N–H and O–H groups in total. The second-order valence-electron chi connectivity index (χ2n) is 6.32. The Bertz CT molecular complexity index is 913. The van der Waals surface area contributed by atoms with Gasteiger partial charge in [-0.3, -0.25) is 4.79 Å². The summed E-state index contributed by atoms with van der Waals surface area (Å²) in [5.41, 5.74) is 0. The minimum Gasteiger partial charge on any atom is -0.481 e. The average molecular weight is 387 g/mol. The number of piperidine rings is 1. The molecular formula is C19H18FN3O3S. The summed E-state index contributed by atoms with van der Waals surface area (Å²) < 4.78 is 24.7. The smallest absolute Gasteiger partial charge is 0.260 e. The number of likely N-dealkylation sites (tertiary alicyclic amines) is 1. The van der Waals surface area contributed by atoms with Gasteiger partial charge in [0, 0.05) is 13.1 Å². The summed E-state index contributed by atoms with van der Waals surface area (Å²) in [6.07, 6.45) is 1.72. The Kier molecular flexibility index (Phi) is 5.15. The first kappa shape index (κ1) is 17.7. The monoisotopic (exact) mass is 387 g/mol. The van der Waals surface area contributed by atoms with Gasteiger partial charge in [0.15, 0.2) is 18.2 Å². The van der Waals surface area contributed by atoms with Crippen LogP contribution < -0.4 is 4.74 Å². The van der Waals surface area contributed by atoms with Crippen LogP contribution in [0, 0.1) is 5.82 Å². The maximum absolute atomic E-state index is 13.6. The van der Waals surface area contributed by atoms with Crippen molar-refractivity contribution in [3.05, 3.63) is 53.5 Å². The molecule has 140 valence electrons. The lowest BCUT2D eigenvalue weighted by Crippen LogP contribution is -2.41. The van der Waals surface area contributed by atoms with Crippen LogP contribution in [0.5, 0.6) is 5.75 Å². The molecule has 1 aromatic carbocycles. The summed E-state index contributed by atoms with van der Waals surface area (Å²) in [4.78, 5) is 15.1. The summed E-state index contributed by atoms with van der Waals surface area (Å²) in [5, 5.41) is 10.2. The molecule has 1 saturated heterocycles. The highest BCUT2D eigenvalue weighted by Gasteiger charge is 2.29. The van der Waals surface area contributed by atoms with Crippen molar-refractivity contribution in [3.63, 3.8) is 0 Å². The van der Waals surface area contributed by atoms with Crippen molar-refractivity contribution in [2.24, 2.45) is 0 Å². The maximum atomic E-state index is 13.6. The molecule has 8 heteroatoms. The van der Waals surface area contributed by atoms with Crippen LogP contribution in [-0.4, -0.2) is 40.7 Å². The van der Waals surface area contributed by atoms with Gasteiger partial charge in [0.25, 0.3) is 11.8 Å². The van der Waals surface area contributed by atoms with Gasteiger partial charge in [0.05, 0.1) is 10.8 Å². The number of carbonyl (C=O) groups is 1. The van der Waals surface area contributed by atoms with Crippen LogP contribution in [-0.2, 0) is 4.79 Å². The second kappa shape index (κ2) is 7.87. The molecule has 6 nitrogen and oxygen atoms in total. The largest absolute Gasteiger partial charge is 0.481 e. The van der Waals surface area contributed by atoms with Crippen LogP contribution in [0.1, 0.15) is 24.7 Å². The van der Waals surface area contributed by atoms with Crippen molar-refractivity contribution < 1.29 is 18.3 Å². The SMILES string of the molecule is O=C(COc1ccccc1F)N1CCCC(c2nnc(-c3cccs3)o2)C1. The maximum Gasteiger partial charge on any atom is 0.260 e. The highest BCUT2D eigenvalue weighted by atomic mass is 32.1. The van der Waals surface area contributed by atoms with Gasteiger partial charge in [-0.25, -0.2) is 4.39 Å². The van der Waals surface area contributed by atoms with Gasteiger partial charge < -0.3 is 14.1 Å². The first-order chi connectivity index (χ1) is 13.2. The number of rotatable bonds is 5. The van der Waals surface area contributed by atoms with E-state index in [-0.39, 0.29) is 24.2 Å². The number of benzene rings is 1. The van der Waals surface area contributed by atoms with Crippen LogP contribution in [0.4, 0.5) is 4.39 Å². The minimum atomic E-state index is -0.478. The highest BCUT2D eigenvalue weighted by Crippen LogP contribution is 2.30. The van der Waals surface area contributed by atoms with Gasteiger partial charge in [-0.2, -0.15) is 0 Å². The Morgan fingerprint density at radius 3 is 3.00 bits per heavy atom. The van der Waals surface area contributed by atoms with Crippen molar-refractivity contribution in [3.8, 4) is 16.5 Å². The lowest BCUT2D eigenvalue weighted by atomic mass is 9.98. The Balaban J connectivity index is 1.38. The zero-order valence-corrected chi connectivity index (χ0v) is 15.3. The number of hydrogen-bond donors (Lipinski definition) is 0. The number of para-hydroxylation sites is 1. The van der Waals surface area contributed by atoms with E-state index in [9.17, 15) is 9.18 Å². The molecule has 0 saturated carbocycles. The molecule has 27 heavy (non-hydrogen) atoms. The minimum absolute atomic E-state index is 0.00243. The predicted octanol–water partition coefficient (Wildman–Crippen LogP) is 3.72. The van der Waals surface area contributed by atoms with Crippen molar-refractivity contribution in [2.75, 3.05) is 19.7 Å². The molecule has 1 aliphatic rings. The lowest BCUT2D eigenvalue weighted by molar-refractivity contribution is -0.134. The number of aromatic nitrogens is 2. The van der Waals surface area contributed by atoms with Gasteiger partial charge in [-0.05, 0) is 36.4 Å². The number of halogens is 1. The van der Waals surface area contributed by atoms with Gasteiger partial charge in [0.1, 0.15) is 0 Å². The standard InChI is InChI=1S/C19H18FN3O3S/c20-14-6-1-2-7-15(14)25-12-17(24)23-9-3-5-13(11-23)18-21-22-19(26-18)16-8-4-10-27-16/h1-2,4,6-8,10,13H,3,5,9,11-12H2. The van der Waals surface area contributed by atoms with Crippen LogP contribution >= 0.6 is 11.3 Å². The Morgan fingerprint density at radius 1 is 1.30 bits per heavy atom. The number of thiophene rings is 1. The molecule has 1 aliphatic heterocycles. The number of amides is 1. The molecule has 1 unspecified atom stereocenters. The molecule has 1 amide bonds. The summed E-state index contributed by atoms with van der Waals surface area (Å²) >= 11 is 1.54. The molecule has 0 bridgehead atoms. The van der Waals surface area contributed by atoms with Crippen LogP contribution in [0.25, 0.3) is 10.8 Å².